The summed E-state index contributed by atoms with van der Waals surface area (Å²) in [6, 6.07) is 6.36. The van der Waals surface area contributed by atoms with E-state index in [1.807, 2.05) is 0 Å². The van der Waals surface area contributed by atoms with Crippen LogP contribution in [0.25, 0.3) is 0 Å². The second kappa shape index (κ2) is 4.53. The van der Waals surface area contributed by atoms with Gasteiger partial charge in [0.2, 0.25) is 0 Å². The standard InChI is InChI=1S/C12H17NO3/c1-12(2,16)8-13(3)11(15)9-6-4-5-7-10(9)14/h4-7,14,16H,8H2,1-3H3. The summed E-state index contributed by atoms with van der Waals surface area (Å²) in [4.78, 5) is 13.3. The molecule has 1 aromatic carbocycles. The van der Waals surface area contributed by atoms with Crippen LogP contribution in [0.15, 0.2) is 24.3 Å². The monoisotopic (exact) mass is 223 g/mol. The average molecular weight is 223 g/mol. The van der Waals surface area contributed by atoms with Crippen molar-refractivity contribution in [2.75, 3.05) is 13.6 Å². The molecule has 0 aromatic heterocycles. The van der Waals surface area contributed by atoms with Gasteiger partial charge in [-0.15, -0.1) is 0 Å². The molecule has 2 N–H and O–H groups in total. The molecular weight excluding hydrogens is 206 g/mol. The number of hydrogen-bond donors (Lipinski definition) is 2. The Bertz CT molecular complexity index is 382. The molecule has 0 atom stereocenters. The maximum absolute atomic E-state index is 11.9. The Morgan fingerprint density at radius 3 is 2.44 bits per heavy atom. The number of carbonyl (C=O) groups excluding carboxylic acids is 1. The molecule has 0 saturated heterocycles. The van der Waals surface area contributed by atoms with Gasteiger partial charge in [0.25, 0.3) is 5.91 Å². The Hall–Kier alpha value is -1.55. The van der Waals surface area contributed by atoms with Crippen molar-refractivity contribution in [1.29, 1.82) is 0 Å². The molecule has 0 heterocycles. The molecule has 1 amide bonds. The molecule has 0 saturated carbocycles. The SMILES string of the molecule is CN(CC(C)(C)O)C(=O)c1ccccc1O. The summed E-state index contributed by atoms with van der Waals surface area (Å²) in [6.07, 6.45) is 0. The van der Waals surface area contributed by atoms with Crippen molar-refractivity contribution >= 4 is 5.91 Å². The van der Waals surface area contributed by atoms with Crippen LogP contribution in [0.1, 0.15) is 24.2 Å². The van der Waals surface area contributed by atoms with Crippen molar-refractivity contribution in [2.24, 2.45) is 0 Å². The fourth-order valence-corrected chi connectivity index (χ4v) is 1.51. The molecule has 1 rings (SSSR count). The van der Waals surface area contributed by atoms with Crippen molar-refractivity contribution in [3.63, 3.8) is 0 Å². The van der Waals surface area contributed by atoms with Crippen LogP contribution in [0.2, 0.25) is 0 Å². The third-order valence-electron chi connectivity index (χ3n) is 2.11. The highest BCUT2D eigenvalue weighted by atomic mass is 16.3. The molecule has 0 unspecified atom stereocenters. The molecule has 0 bridgehead atoms. The first-order chi connectivity index (χ1) is 7.31. The van der Waals surface area contributed by atoms with Crippen molar-refractivity contribution < 1.29 is 15.0 Å². The lowest BCUT2D eigenvalue weighted by Crippen LogP contribution is -2.39. The molecule has 0 spiro atoms. The predicted octanol–water partition coefficient (Wildman–Crippen LogP) is 1.24. The van der Waals surface area contributed by atoms with E-state index in [-0.39, 0.29) is 23.8 Å². The highest BCUT2D eigenvalue weighted by Crippen LogP contribution is 2.18. The smallest absolute Gasteiger partial charge is 0.257 e. The summed E-state index contributed by atoms with van der Waals surface area (Å²) in [5, 5.41) is 19.1. The van der Waals surface area contributed by atoms with Crippen molar-refractivity contribution in [3.05, 3.63) is 29.8 Å². The van der Waals surface area contributed by atoms with E-state index >= 15 is 0 Å². The molecule has 0 aliphatic heterocycles. The van der Waals surface area contributed by atoms with E-state index in [1.54, 1.807) is 39.1 Å². The van der Waals surface area contributed by atoms with Crippen molar-refractivity contribution in [1.82, 2.24) is 4.90 Å². The van der Waals surface area contributed by atoms with E-state index in [0.29, 0.717) is 0 Å². The maximum Gasteiger partial charge on any atom is 0.257 e. The third-order valence-corrected chi connectivity index (χ3v) is 2.11. The number of hydrogen-bond acceptors (Lipinski definition) is 3. The molecule has 0 aliphatic carbocycles. The average Bonchev–Trinajstić information content (AvgIpc) is 2.15. The number of carbonyl (C=O) groups is 1. The first-order valence-corrected chi connectivity index (χ1v) is 5.07. The molecular formula is C12H17NO3. The van der Waals surface area contributed by atoms with E-state index in [1.165, 1.54) is 11.0 Å². The Morgan fingerprint density at radius 1 is 1.38 bits per heavy atom. The summed E-state index contributed by atoms with van der Waals surface area (Å²) in [5.41, 5.74) is -0.705. The number of aliphatic hydroxyl groups is 1. The quantitative estimate of drug-likeness (QED) is 0.810. The highest BCUT2D eigenvalue weighted by Gasteiger charge is 2.21. The van der Waals surface area contributed by atoms with Gasteiger partial charge in [0.1, 0.15) is 5.75 Å². The third kappa shape index (κ3) is 3.24. The van der Waals surface area contributed by atoms with E-state index in [9.17, 15) is 15.0 Å². The zero-order valence-corrected chi connectivity index (χ0v) is 9.77. The van der Waals surface area contributed by atoms with E-state index in [0.717, 1.165) is 0 Å². The minimum atomic E-state index is -0.950. The predicted molar refractivity (Wildman–Crippen MR) is 61.4 cm³/mol. The molecule has 0 aliphatic rings. The summed E-state index contributed by atoms with van der Waals surface area (Å²) in [5.74, 6) is -0.352. The zero-order valence-electron chi connectivity index (χ0n) is 9.77. The first-order valence-electron chi connectivity index (χ1n) is 5.07. The van der Waals surface area contributed by atoms with E-state index < -0.39 is 5.60 Å². The largest absolute Gasteiger partial charge is 0.507 e. The second-order valence-corrected chi connectivity index (χ2v) is 4.49. The molecule has 88 valence electrons. The van der Waals surface area contributed by atoms with E-state index in [4.69, 9.17) is 0 Å². The number of nitrogens with zero attached hydrogens (tertiary/aromatic N) is 1. The lowest BCUT2D eigenvalue weighted by atomic mass is 10.1. The molecule has 0 fully saturated rings. The van der Waals surface area contributed by atoms with Gasteiger partial charge in [-0.3, -0.25) is 4.79 Å². The van der Waals surface area contributed by atoms with Crippen LogP contribution in [0.4, 0.5) is 0 Å². The van der Waals surface area contributed by atoms with Gasteiger partial charge >= 0.3 is 0 Å². The molecule has 1 aromatic rings. The lowest BCUT2D eigenvalue weighted by Gasteiger charge is -2.25. The van der Waals surface area contributed by atoms with Gasteiger partial charge in [-0.05, 0) is 26.0 Å². The normalized spacial score (nSPS) is 11.2. The summed E-state index contributed by atoms with van der Waals surface area (Å²) < 4.78 is 0. The van der Waals surface area contributed by atoms with Crippen molar-refractivity contribution in [2.45, 2.75) is 19.4 Å². The van der Waals surface area contributed by atoms with E-state index in [2.05, 4.69) is 0 Å². The van der Waals surface area contributed by atoms with Crippen LogP contribution in [0.5, 0.6) is 5.75 Å². The number of likely N-dealkylation sites (N-methyl/N-ethyl adjacent to an activating group) is 1. The van der Waals surface area contributed by atoms with Crippen LogP contribution in [-0.4, -0.2) is 40.2 Å². The van der Waals surface area contributed by atoms with Gasteiger partial charge in [-0.25, -0.2) is 0 Å². The Morgan fingerprint density at radius 2 is 1.94 bits per heavy atom. The van der Waals surface area contributed by atoms with Crippen LogP contribution >= 0.6 is 0 Å². The van der Waals surface area contributed by atoms with Gasteiger partial charge in [-0.2, -0.15) is 0 Å². The van der Waals surface area contributed by atoms with Gasteiger partial charge < -0.3 is 15.1 Å². The number of phenolic OH excluding ortho intramolecular Hbond substituents is 1. The second-order valence-electron chi connectivity index (χ2n) is 4.49. The van der Waals surface area contributed by atoms with Crippen LogP contribution in [0, 0.1) is 0 Å². The molecule has 16 heavy (non-hydrogen) atoms. The van der Waals surface area contributed by atoms with Gasteiger partial charge in [0, 0.05) is 13.6 Å². The summed E-state index contributed by atoms with van der Waals surface area (Å²) >= 11 is 0. The Labute approximate surface area is 95.1 Å². The highest BCUT2D eigenvalue weighted by molar-refractivity contribution is 5.96. The Kier molecular flexibility index (Phi) is 3.55. The number of aromatic hydroxyl groups is 1. The summed E-state index contributed by atoms with van der Waals surface area (Å²) in [7, 11) is 1.59. The topological polar surface area (TPSA) is 60.8 Å². The fourth-order valence-electron chi connectivity index (χ4n) is 1.51. The molecule has 4 nitrogen and oxygen atoms in total. The van der Waals surface area contributed by atoms with Crippen LogP contribution < -0.4 is 0 Å². The number of benzene rings is 1. The number of para-hydroxylation sites is 1. The maximum atomic E-state index is 11.9. The molecule has 4 heteroatoms. The molecule has 0 radical (unpaired) electrons. The first kappa shape index (κ1) is 12.5. The minimum Gasteiger partial charge on any atom is -0.507 e. The number of rotatable bonds is 3. The van der Waals surface area contributed by atoms with Gasteiger partial charge in [0.05, 0.1) is 11.2 Å². The fraction of sp³-hybridized carbons (Fsp3) is 0.417. The van der Waals surface area contributed by atoms with Crippen LogP contribution in [-0.2, 0) is 0 Å². The number of phenols is 1. The van der Waals surface area contributed by atoms with Gasteiger partial charge in [0.15, 0.2) is 0 Å². The minimum absolute atomic E-state index is 0.0462. The van der Waals surface area contributed by atoms with Gasteiger partial charge in [-0.1, -0.05) is 12.1 Å². The van der Waals surface area contributed by atoms with Crippen molar-refractivity contribution in [3.8, 4) is 5.75 Å². The lowest BCUT2D eigenvalue weighted by molar-refractivity contribution is 0.0366. The van der Waals surface area contributed by atoms with Crippen LogP contribution in [0.3, 0.4) is 0 Å². The summed E-state index contributed by atoms with van der Waals surface area (Å²) in [6.45, 7) is 3.46. The zero-order chi connectivity index (χ0) is 12.3. The number of amides is 1. The Balaban J connectivity index is 2.83.